The molecule has 0 fully saturated rings. The molecule has 0 spiro atoms. The Bertz CT molecular complexity index is 1270. The Morgan fingerprint density at radius 3 is 2.72 bits per heavy atom. The molecule has 164 valence electrons. The quantitative estimate of drug-likeness (QED) is 0.317. The van der Waals surface area contributed by atoms with Crippen LogP contribution in [0.1, 0.15) is 18.9 Å². The van der Waals surface area contributed by atoms with Gasteiger partial charge in [-0.3, -0.25) is 4.79 Å². The van der Waals surface area contributed by atoms with Crippen LogP contribution in [0.15, 0.2) is 65.8 Å². The lowest BCUT2D eigenvalue weighted by Crippen LogP contribution is -2.15. The number of aromatic nitrogens is 3. The maximum absolute atomic E-state index is 12.5. The van der Waals surface area contributed by atoms with Gasteiger partial charge in [-0.05, 0) is 36.6 Å². The van der Waals surface area contributed by atoms with Crippen molar-refractivity contribution in [3.05, 3.63) is 76.5 Å². The number of thioether (sulfide) groups is 1. The van der Waals surface area contributed by atoms with Crippen LogP contribution in [-0.4, -0.2) is 26.4 Å². The Morgan fingerprint density at radius 1 is 1.12 bits per heavy atom. The number of hydrogen-bond donors (Lipinski definition) is 1. The van der Waals surface area contributed by atoms with E-state index in [9.17, 15) is 4.79 Å². The molecule has 32 heavy (non-hydrogen) atoms. The fraction of sp³-hybridized carbons (Fsp3) is 0.174. The average molecular weight is 487 g/mol. The molecule has 0 aliphatic rings. The summed E-state index contributed by atoms with van der Waals surface area (Å²) in [6.07, 6.45) is -0.398. The maximum atomic E-state index is 12.5. The van der Waals surface area contributed by atoms with E-state index in [0.29, 0.717) is 26.8 Å². The lowest BCUT2D eigenvalue weighted by atomic mass is 10.1. The summed E-state index contributed by atoms with van der Waals surface area (Å²) in [7, 11) is 1.84. The van der Waals surface area contributed by atoms with Gasteiger partial charge < -0.3 is 14.6 Å². The first-order valence-electron chi connectivity index (χ1n) is 9.84. The number of anilines is 1. The molecule has 0 saturated heterocycles. The van der Waals surface area contributed by atoms with Gasteiger partial charge in [0.25, 0.3) is 0 Å². The van der Waals surface area contributed by atoms with Crippen LogP contribution >= 0.6 is 35.0 Å². The molecule has 3 aromatic carbocycles. The van der Waals surface area contributed by atoms with Gasteiger partial charge in [-0.1, -0.05) is 71.4 Å². The Labute approximate surface area is 199 Å². The number of carbonyl (C=O) groups is 1. The lowest BCUT2D eigenvalue weighted by Gasteiger charge is -2.15. The van der Waals surface area contributed by atoms with Gasteiger partial charge in [0.2, 0.25) is 5.91 Å². The predicted molar refractivity (Wildman–Crippen MR) is 130 cm³/mol. The van der Waals surface area contributed by atoms with E-state index >= 15 is 0 Å². The second-order valence-corrected chi connectivity index (χ2v) is 8.88. The zero-order chi connectivity index (χ0) is 22.7. The van der Waals surface area contributed by atoms with Crippen molar-refractivity contribution in [1.29, 1.82) is 0 Å². The molecule has 4 rings (SSSR count). The highest BCUT2D eigenvalue weighted by Gasteiger charge is 2.19. The number of amides is 1. The van der Waals surface area contributed by atoms with Crippen molar-refractivity contribution in [1.82, 2.24) is 14.8 Å². The molecule has 0 bridgehead atoms. The Morgan fingerprint density at radius 2 is 1.91 bits per heavy atom. The zero-order valence-electron chi connectivity index (χ0n) is 17.4. The molecule has 4 aromatic rings. The second-order valence-electron chi connectivity index (χ2n) is 7.10. The minimum atomic E-state index is -0.398. The van der Waals surface area contributed by atoms with E-state index in [1.54, 1.807) is 18.2 Å². The summed E-state index contributed by atoms with van der Waals surface area (Å²) >= 11 is 13.4. The summed E-state index contributed by atoms with van der Waals surface area (Å²) in [6, 6.07) is 18.8. The van der Waals surface area contributed by atoms with Gasteiger partial charge in [0.15, 0.2) is 17.1 Å². The summed E-state index contributed by atoms with van der Waals surface area (Å²) in [5.41, 5.74) is 0.786. The van der Waals surface area contributed by atoms with Crippen molar-refractivity contribution in [2.45, 2.75) is 18.2 Å². The van der Waals surface area contributed by atoms with Gasteiger partial charge in [0.1, 0.15) is 5.75 Å². The summed E-state index contributed by atoms with van der Waals surface area (Å²) < 4.78 is 7.73. The molecule has 6 nitrogen and oxygen atoms in total. The fourth-order valence-corrected chi connectivity index (χ4v) is 4.44. The van der Waals surface area contributed by atoms with Crippen molar-refractivity contribution in [2.75, 3.05) is 11.1 Å². The van der Waals surface area contributed by atoms with E-state index in [0.717, 1.165) is 16.5 Å². The predicted octanol–water partition coefficient (Wildman–Crippen LogP) is 6.15. The minimum Gasteiger partial charge on any atom is -0.481 e. The van der Waals surface area contributed by atoms with Crippen molar-refractivity contribution in [3.8, 4) is 5.75 Å². The Hall–Kier alpha value is -2.74. The normalized spacial score (nSPS) is 12.0. The van der Waals surface area contributed by atoms with Gasteiger partial charge in [-0.2, -0.15) is 0 Å². The summed E-state index contributed by atoms with van der Waals surface area (Å²) in [5, 5.41) is 15.1. The third-order valence-corrected chi connectivity index (χ3v) is 6.38. The Kier molecular flexibility index (Phi) is 6.89. The van der Waals surface area contributed by atoms with Crippen molar-refractivity contribution < 1.29 is 9.53 Å². The van der Waals surface area contributed by atoms with Gasteiger partial charge in [-0.25, -0.2) is 0 Å². The van der Waals surface area contributed by atoms with Crippen LogP contribution in [0.25, 0.3) is 10.8 Å². The van der Waals surface area contributed by atoms with Crippen LogP contribution in [0.5, 0.6) is 5.75 Å². The molecule has 1 heterocycles. The Balaban J connectivity index is 1.39. The molecular formula is C23H20Cl2N4O2S. The molecule has 0 saturated carbocycles. The van der Waals surface area contributed by atoms with Crippen LogP contribution in [0.4, 0.5) is 5.69 Å². The van der Waals surface area contributed by atoms with Crippen LogP contribution in [0.3, 0.4) is 0 Å². The number of benzene rings is 3. The summed E-state index contributed by atoms with van der Waals surface area (Å²) in [6.45, 7) is 1.86. The second kappa shape index (κ2) is 9.81. The first-order chi connectivity index (χ1) is 15.4. The number of nitrogens with zero attached hydrogens (tertiary/aromatic N) is 3. The minimum absolute atomic E-state index is 0.117. The number of hydrogen-bond acceptors (Lipinski definition) is 5. The smallest absolute Gasteiger partial charge is 0.234 e. The highest BCUT2D eigenvalue weighted by atomic mass is 35.5. The van der Waals surface area contributed by atoms with Gasteiger partial charge >= 0.3 is 0 Å². The van der Waals surface area contributed by atoms with E-state index in [1.807, 2.05) is 61.0 Å². The van der Waals surface area contributed by atoms with Crippen LogP contribution in [-0.2, 0) is 11.8 Å². The van der Waals surface area contributed by atoms with Gasteiger partial charge in [-0.15, -0.1) is 10.2 Å². The number of fused-ring (bicyclic) bond motifs is 1. The molecule has 0 radical (unpaired) electrons. The number of halogens is 2. The molecule has 0 aliphatic carbocycles. The molecule has 1 aromatic heterocycles. The molecule has 9 heteroatoms. The molecule has 1 unspecified atom stereocenters. The number of carbonyl (C=O) groups excluding carboxylic acids is 1. The monoisotopic (exact) mass is 486 g/mol. The SMILES string of the molecule is CC(Oc1ccc(Cl)cc1Cl)c1nnc(SCC(=O)Nc2cccc3ccccc23)n1C. The largest absolute Gasteiger partial charge is 0.481 e. The van der Waals surface area contributed by atoms with Crippen LogP contribution < -0.4 is 10.1 Å². The molecule has 0 aliphatic heterocycles. The first-order valence-corrected chi connectivity index (χ1v) is 11.6. The van der Waals surface area contributed by atoms with Gasteiger partial charge in [0.05, 0.1) is 10.8 Å². The zero-order valence-corrected chi connectivity index (χ0v) is 19.7. The van der Waals surface area contributed by atoms with E-state index in [4.69, 9.17) is 27.9 Å². The third kappa shape index (κ3) is 5.01. The van der Waals surface area contributed by atoms with E-state index in [1.165, 1.54) is 11.8 Å². The highest BCUT2D eigenvalue weighted by molar-refractivity contribution is 7.99. The third-order valence-electron chi connectivity index (χ3n) is 4.83. The first kappa shape index (κ1) is 22.5. The average Bonchev–Trinajstić information content (AvgIpc) is 3.15. The summed E-state index contributed by atoms with van der Waals surface area (Å²) in [4.78, 5) is 12.5. The topological polar surface area (TPSA) is 69.0 Å². The van der Waals surface area contributed by atoms with E-state index in [2.05, 4.69) is 15.5 Å². The molecule has 1 atom stereocenters. The lowest BCUT2D eigenvalue weighted by molar-refractivity contribution is -0.113. The molecular weight excluding hydrogens is 467 g/mol. The number of ether oxygens (including phenoxy) is 1. The van der Waals surface area contributed by atoms with Crippen LogP contribution in [0.2, 0.25) is 10.0 Å². The van der Waals surface area contributed by atoms with E-state index < -0.39 is 6.10 Å². The fourth-order valence-electron chi connectivity index (χ4n) is 3.27. The van der Waals surface area contributed by atoms with Crippen LogP contribution in [0, 0.1) is 0 Å². The van der Waals surface area contributed by atoms with Crippen molar-refractivity contribution >= 4 is 57.3 Å². The molecule has 1 N–H and O–H groups in total. The van der Waals surface area contributed by atoms with E-state index in [-0.39, 0.29) is 11.7 Å². The number of rotatable bonds is 7. The van der Waals surface area contributed by atoms with Crippen molar-refractivity contribution in [2.24, 2.45) is 7.05 Å². The van der Waals surface area contributed by atoms with Crippen molar-refractivity contribution in [3.63, 3.8) is 0 Å². The molecule has 1 amide bonds. The van der Waals surface area contributed by atoms with Gasteiger partial charge in [0, 0.05) is 23.1 Å². The summed E-state index contributed by atoms with van der Waals surface area (Å²) in [5.74, 6) is 1.21. The maximum Gasteiger partial charge on any atom is 0.234 e. The standard InChI is InChI=1S/C23H20Cl2N4O2S/c1-14(31-20-11-10-16(24)12-18(20)25)22-27-28-23(29(22)2)32-13-21(30)26-19-9-5-7-15-6-3-4-8-17(15)19/h3-12,14H,13H2,1-2H3,(H,26,30). The number of nitrogens with one attached hydrogen (secondary N) is 1. The highest BCUT2D eigenvalue weighted by Crippen LogP contribution is 2.31.